The second-order valence-electron chi connectivity index (χ2n) is 1.36. The van der Waals surface area contributed by atoms with Gasteiger partial charge in [0.15, 0.2) is 0 Å². The second-order valence-corrected chi connectivity index (χ2v) is 2.13. The van der Waals surface area contributed by atoms with Crippen LogP contribution in [-0.2, 0) is 4.52 Å². The summed E-state index contributed by atoms with van der Waals surface area (Å²) in [7, 11) is 0.533. The van der Waals surface area contributed by atoms with Crippen molar-refractivity contribution in [1.29, 1.82) is 0 Å². The van der Waals surface area contributed by atoms with Crippen LogP contribution in [0.5, 0.6) is 0 Å². The molecule has 1 heterocycles. The van der Waals surface area contributed by atoms with Crippen molar-refractivity contribution in [1.82, 2.24) is 0 Å². The van der Waals surface area contributed by atoms with E-state index in [2.05, 4.69) is 0 Å². The average Bonchev–Trinajstić information content (AvgIpc) is 1.69. The fraction of sp³-hybridized carbons (Fsp3) is 0.200. The van der Waals surface area contributed by atoms with Crippen molar-refractivity contribution in [3.8, 4) is 0 Å². The summed E-state index contributed by atoms with van der Waals surface area (Å²) >= 11 is 0. The largest absolute Gasteiger partial charge is 0.478 e. The summed E-state index contributed by atoms with van der Waals surface area (Å²) in [4.78, 5) is 0. The minimum Gasteiger partial charge on any atom is -0.478 e. The molecule has 0 aromatic heterocycles. The van der Waals surface area contributed by atoms with E-state index in [1.807, 2.05) is 24.9 Å². The molecule has 0 fully saturated rings. The molecule has 0 aromatic carbocycles. The number of allylic oxidation sites excluding steroid dienone is 3. The third kappa shape index (κ3) is 1.32. The van der Waals surface area contributed by atoms with Gasteiger partial charge in [-0.15, -0.1) is 0 Å². The Morgan fingerprint density at radius 2 is 2.57 bits per heavy atom. The van der Waals surface area contributed by atoms with E-state index in [9.17, 15) is 0 Å². The van der Waals surface area contributed by atoms with E-state index in [0.717, 1.165) is 5.76 Å². The molecular weight excluding hydrogens is 107 g/mol. The molecule has 1 aliphatic heterocycles. The van der Waals surface area contributed by atoms with E-state index in [1.54, 1.807) is 0 Å². The number of rotatable bonds is 0. The van der Waals surface area contributed by atoms with Crippen LogP contribution in [0.25, 0.3) is 0 Å². The van der Waals surface area contributed by atoms with E-state index in [-0.39, 0.29) is 0 Å². The summed E-state index contributed by atoms with van der Waals surface area (Å²) in [6, 6.07) is 0. The molecule has 1 nitrogen and oxygen atoms in total. The molecule has 0 aromatic rings. The van der Waals surface area contributed by atoms with Gasteiger partial charge in [-0.3, -0.25) is 0 Å². The van der Waals surface area contributed by atoms with Crippen molar-refractivity contribution in [3.05, 3.63) is 23.7 Å². The normalized spacial score (nSPS) is 21.6. The van der Waals surface area contributed by atoms with Crippen LogP contribution in [0.4, 0.5) is 0 Å². The first-order chi connectivity index (χ1) is 3.39. The molecule has 1 unspecified atom stereocenters. The molecule has 0 amide bonds. The van der Waals surface area contributed by atoms with Crippen LogP contribution in [0.2, 0.25) is 0 Å². The Labute approximate surface area is 44.9 Å². The minimum atomic E-state index is 0.533. The third-order valence-corrected chi connectivity index (χ3v) is 1.48. The molecule has 1 aliphatic rings. The molecule has 2 heteroatoms. The lowest BCUT2D eigenvalue weighted by atomic mass is 10.5. The van der Waals surface area contributed by atoms with Crippen LogP contribution >= 0.6 is 8.81 Å². The zero-order valence-corrected chi connectivity index (χ0v) is 5.14. The highest BCUT2D eigenvalue weighted by atomic mass is 31.1. The van der Waals surface area contributed by atoms with Crippen LogP contribution in [0.15, 0.2) is 23.7 Å². The molecule has 1 atom stereocenters. The maximum Gasteiger partial charge on any atom is 0.0969 e. The molecule has 0 N–H and O–H groups in total. The van der Waals surface area contributed by atoms with Crippen molar-refractivity contribution in [2.45, 2.75) is 6.92 Å². The molecule has 0 saturated carbocycles. The lowest BCUT2D eigenvalue weighted by Gasteiger charge is -2.03. The van der Waals surface area contributed by atoms with Gasteiger partial charge in [0.05, 0.1) is 14.6 Å². The van der Waals surface area contributed by atoms with Crippen LogP contribution in [0.1, 0.15) is 6.92 Å². The smallest absolute Gasteiger partial charge is 0.0969 e. The summed E-state index contributed by atoms with van der Waals surface area (Å²) in [5, 5.41) is 0. The third-order valence-electron chi connectivity index (χ3n) is 0.715. The minimum absolute atomic E-state index is 0.533. The second kappa shape index (κ2) is 2.13. The van der Waals surface area contributed by atoms with Gasteiger partial charge in [0.2, 0.25) is 0 Å². The quantitative estimate of drug-likeness (QED) is 0.438. The monoisotopic (exact) mass is 114 g/mol. The van der Waals surface area contributed by atoms with Crippen LogP contribution in [0, 0.1) is 0 Å². The van der Waals surface area contributed by atoms with Crippen molar-refractivity contribution in [2.24, 2.45) is 0 Å². The first-order valence-corrected chi connectivity index (χ1v) is 3.14. The van der Waals surface area contributed by atoms with E-state index < -0.39 is 0 Å². The Bertz CT molecular complexity index is 115. The van der Waals surface area contributed by atoms with Gasteiger partial charge >= 0.3 is 0 Å². The van der Waals surface area contributed by atoms with Gasteiger partial charge in [-0.1, -0.05) is 6.08 Å². The van der Waals surface area contributed by atoms with Crippen molar-refractivity contribution in [3.63, 3.8) is 0 Å². The highest BCUT2D eigenvalue weighted by Gasteiger charge is 1.87. The Balaban J connectivity index is 2.57. The molecule has 0 bridgehead atoms. The maximum atomic E-state index is 5.08. The Morgan fingerprint density at radius 1 is 1.71 bits per heavy atom. The SMILES string of the molecule is CC1=CC=CPO1. The van der Waals surface area contributed by atoms with Gasteiger partial charge in [-0.25, -0.2) is 0 Å². The van der Waals surface area contributed by atoms with Crippen LogP contribution in [0.3, 0.4) is 0 Å². The van der Waals surface area contributed by atoms with E-state index >= 15 is 0 Å². The Kier molecular flexibility index (Phi) is 1.48. The molecule has 7 heavy (non-hydrogen) atoms. The maximum absolute atomic E-state index is 5.08. The standard InChI is InChI=1S/C5H7OP/c1-5-3-2-4-7-6-5/h2-4,7H,1H3. The van der Waals surface area contributed by atoms with Gasteiger partial charge in [0.25, 0.3) is 0 Å². The summed E-state index contributed by atoms with van der Waals surface area (Å²) in [6.07, 6.45) is 3.97. The summed E-state index contributed by atoms with van der Waals surface area (Å²) in [5.41, 5.74) is 0. The highest BCUT2D eigenvalue weighted by Crippen LogP contribution is 2.22. The van der Waals surface area contributed by atoms with E-state index in [4.69, 9.17) is 4.52 Å². The topological polar surface area (TPSA) is 9.23 Å². The molecule has 0 saturated heterocycles. The van der Waals surface area contributed by atoms with E-state index in [1.165, 1.54) is 0 Å². The molecular formula is C5H7OP. The van der Waals surface area contributed by atoms with Gasteiger partial charge in [0, 0.05) is 0 Å². The van der Waals surface area contributed by atoms with Crippen molar-refractivity contribution >= 4 is 8.81 Å². The van der Waals surface area contributed by atoms with Gasteiger partial charge in [-0.05, 0) is 18.8 Å². The average molecular weight is 114 g/mol. The molecule has 1 rings (SSSR count). The summed E-state index contributed by atoms with van der Waals surface area (Å²) in [5.74, 6) is 3.02. The lowest BCUT2D eigenvalue weighted by molar-refractivity contribution is 0.491. The fourth-order valence-electron chi connectivity index (χ4n) is 0.384. The molecule has 38 valence electrons. The lowest BCUT2D eigenvalue weighted by Crippen LogP contribution is -1.74. The fourth-order valence-corrected chi connectivity index (χ4v) is 0.881. The molecule has 0 aliphatic carbocycles. The summed E-state index contributed by atoms with van der Waals surface area (Å²) < 4.78 is 5.08. The van der Waals surface area contributed by atoms with Gasteiger partial charge < -0.3 is 4.52 Å². The van der Waals surface area contributed by atoms with Crippen LogP contribution in [-0.4, -0.2) is 0 Å². The zero-order chi connectivity index (χ0) is 5.11. The van der Waals surface area contributed by atoms with E-state index in [0.29, 0.717) is 8.81 Å². The number of hydrogen-bond donors (Lipinski definition) is 0. The highest BCUT2D eigenvalue weighted by molar-refractivity contribution is 7.36. The summed E-state index contributed by atoms with van der Waals surface area (Å²) in [6.45, 7) is 1.95. The number of hydrogen-bond acceptors (Lipinski definition) is 1. The Morgan fingerprint density at radius 3 is 2.86 bits per heavy atom. The van der Waals surface area contributed by atoms with Crippen LogP contribution < -0.4 is 0 Å². The predicted octanol–water partition coefficient (Wildman–Crippen LogP) is 2.03. The Hall–Kier alpha value is -0.290. The molecule has 0 spiro atoms. The zero-order valence-electron chi connectivity index (χ0n) is 4.14. The first-order valence-electron chi connectivity index (χ1n) is 2.15. The van der Waals surface area contributed by atoms with Gasteiger partial charge in [-0.2, -0.15) is 0 Å². The molecule has 0 radical (unpaired) electrons. The van der Waals surface area contributed by atoms with Crippen molar-refractivity contribution in [2.75, 3.05) is 0 Å². The predicted molar refractivity (Wildman–Crippen MR) is 32.3 cm³/mol. The van der Waals surface area contributed by atoms with Crippen molar-refractivity contribution < 1.29 is 4.52 Å². The van der Waals surface area contributed by atoms with Gasteiger partial charge in [0.1, 0.15) is 0 Å². The first kappa shape index (κ1) is 4.86.